The molecule has 0 fully saturated rings. The third kappa shape index (κ3) is 3.01. The van der Waals surface area contributed by atoms with Crippen LogP contribution in [0.1, 0.15) is 17.2 Å². The van der Waals surface area contributed by atoms with Gasteiger partial charge in [0.2, 0.25) is 0 Å². The Labute approximate surface area is 138 Å². The molecule has 0 aliphatic heterocycles. The molecular formula is C19H17FN2O2. The third-order valence-corrected chi connectivity index (χ3v) is 3.94. The Bertz CT molecular complexity index is 878. The Kier molecular flexibility index (Phi) is 4.33. The van der Waals surface area contributed by atoms with E-state index in [9.17, 15) is 14.3 Å². The predicted octanol–water partition coefficient (Wildman–Crippen LogP) is 3.70. The molecular weight excluding hydrogens is 307 g/mol. The quantitative estimate of drug-likeness (QED) is 0.688. The zero-order chi connectivity index (χ0) is 17.1. The summed E-state index contributed by atoms with van der Waals surface area (Å²) in [7, 11) is 1.51. The fourth-order valence-corrected chi connectivity index (χ4v) is 2.77. The Morgan fingerprint density at radius 2 is 1.75 bits per heavy atom. The van der Waals surface area contributed by atoms with Gasteiger partial charge in [-0.15, -0.1) is 0 Å². The number of halogens is 1. The molecule has 4 nitrogen and oxygen atoms in total. The number of nitrogens with one attached hydrogen (secondary N) is 2. The molecule has 5 heteroatoms. The van der Waals surface area contributed by atoms with E-state index >= 15 is 0 Å². The van der Waals surface area contributed by atoms with Crippen LogP contribution in [-0.4, -0.2) is 18.2 Å². The highest BCUT2D eigenvalue weighted by atomic mass is 19.1. The molecule has 1 unspecified atom stereocenters. The van der Waals surface area contributed by atoms with Crippen LogP contribution < -0.4 is 10.6 Å². The second-order valence-corrected chi connectivity index (χ2v) is 5.43. The molecule has 0 bridgehead atoms. The van der Waals surface area contributed by atoms with Crippen molar-refractivity contribution in [3.05, 3.63) is 77.6 Å². The Morgan fingerprint density at radius 3 is 2.46 bits per heavy atom. The highest BCUT2D eigenvalue weighted by Gasteiger charge is 2.22. The molecule has 24 heavy (non-hydrogen) atoms. The molecule has 3 N–H and O–H groups in total. The van der Waals surface area contributed by atoms with Crippen LogP contribution in [0.3, 0.4) is 0 Å². The van der Waals surface area contributed by atoms with E-state index in [1.54, 1.807) is 18.2 Å². The number of rotatable bonds is 3. The van der Waals surface area contributed by atoms with E-state index in [1.807, 2.05) is 30.3 Å². The molecule has 0 aliphatic carbocycles. The normalized spacial score (nSPS) is 11.9. The number of carbonyl (C=O) groups is 1. The van der Waals surface area contributed by atoms with Crippen LogP contribution >= 0.6 is 0 Å². The number of benzene rings is 3. The van der Waals surface area contributed by atoms with Gasteiger partial charge in [-0.1, -0.05) is 42.5 Å². The van der Waals surface area contributed by atoms with E-state index in [4.69, 9.17) is 0 Å². The molecule has 0 saturated carbocycles. The third-order valence-electron chi connectivity index (χ3n) is 3.94. The van der Waals surface area contributed by atoms with Crippen LogP contribution in [0.5, 0.6) is 5.75 Å². The maximum absolute atomic E-state index is 13.3. The molecule has 122 valence electrons. The topological polar surface area (TPSA) is 61.4 Å². The fraction of sp³-hybridized carbons (Fsp3) is 0.105. The van der Waals surface area contributed by atoms with Crippen molar-refractivity contribution in [1.82, 2.24) is 10.6 Å². The summed E-state index contributed by atoms with van der Waals surface area (Å²) < 4.78 is 13.3. The summed E-state index contributed by atoms with van der Waals surface area (Å²) in [5.41, 5.74) is 1.25. The van der Waals surface area contributed by atoms with Gasteiger partial charge in [0.15, 0.2) is 0 Å². The summed E-state index contributed by atoms with van der Waals surface area (Å²) >= 11 is 0. The van der Waals surface area contributed by atoms with E-state index in [-0.39, 0.29) is 11.6 Å². The molecule has 0 aliphatic rings. The molecule has 0 saturated heterocycles. The van der Waals surface area contributed by atoms with Crippen LogP contribution in [-0.2, 0) is 0 Å². The van der Waals surface area contributed by atoms with Crippen molar-refractivity contribution < 1.29 is 14.3 Å². The van der Waals surface area contributed by atoms with Crippen molar-refractivity contribution in [2.24, 2.45) is 0 Å². The lowest BCUT2D eigenvalue weighted by Gasteiger charge is -2.22. The standard InChI is InChI=1S/C19H17FN2O2/c1-21-19(24)22-18(13-6-9-14(20)10-7-13)17-15-5-3-2-4-12(15)8-11-16(17)23/h2-11,18,23H,1H3,(H2,21,22,24). The maximum atomic E-state index is 13.3. The second kappa shape index (κ2) is 6.58. The van der Waals surface area contributed by atoms with Gasteiger partial charge < -0.3 is 15.7 Å². The number of phenolic OH excluding ortho intramolecular Hbond substituents is 1. The maximum Gasteiger partial charge on any atom is 0.315 e. The Morgan fingerprint density at radius 1 is 1.04 bits per heavy atom. The van der Waals surface area contributed by atoms with Gasteiger partial charge in [0, 0.05) is 12.6 Å². The lowest BCUT2D eigenvalue weighted by Crippen LogP contribution is -2.36. The molecule has 0 spiro atoms. The van der Waals surface area contributed by atoms with Crippen LogP contribution in [0, 0.1) is 5.82 Å². The zero-order valence-corrected chi connectivity index (χ0v) is 13.1. The lowest BCUT2D eigenvalue weighted by molar-refractivity contribution is 0.240. The van der Waals surface area contributed by atoms with Gasteiger partial charge in [0.25, 0.3) is 0 Å². The summed E-state index contributed by atoms with van der Waals surface area (Å²) in [6.45, 7) is 0. The first-order valence-electron chi connectivity index (χ1n) is 7.54. The Hall–Kier alpha value is -3.08. The van der Waals surface area contributed by atoms with Gasteiger partial charge in [-0.3, -0.25) is 0 Å². The van der Waals surface area contributed by atoms with E-state index in [1.165, 1.54) is 19.2 Å². The van der Waals surface area contributed by atoms with E-state index in [2.05, 4.69) is 10.6 Å². The molecule has 2 amide bonds. The molecule has 3 aromatic carbocycles. The van der Waals surface area contributed by atoms with Crippen LogP contribution in [0.15, 0.2) is 60.7 Å². The summed E-state index contributed by atoms with van der Waals surface area (Å²) in [6, 6.07) is 15.8. The number of fused-ring (bicyclic) bond motifs is 1. The van der Waals surface area contributed by atoms with Gasteiger partial charge >= 0.3 is 6.03 Å². The highest BCUT2D eigenvalue weighted by molar-refractivity contribution is 5.89. The van der Waals surface area contributed by atoms with E-state index in [0.29, 0.717) is 11.1 Å². The van der Waals surface area contributed by atoms with E-state index < -0.39 is 12.1 Å². The van der Waals surface area contributed by atoms with Crippen molar-refractivity contribution >= 4 is 16.8 Å². The average Bonchev–Trinajstić information content (AvgIpc) is 2.61. The van der Waals surface area contributed by atoms with Gasteiger partial charge in [0.05, 0.1) is 6.04 Å². The summed E-state index contributed by atoms with van der Waals surface area (Å²) in [5.74, 6) is -0.293. The molecule has 0 heterocycles. The van der Waals surface area contributed by atoms with Crippen LogP contribution in [0.25, 0.3) is 10.8 Å². The first-order chi connectivity index (χ1) is 11.6. The minimum absolute atomic E-state index is 0.0689. The SMILES string of the molecule is CNC(=O)NC(c1ccc(F)cc1)c1c(O)ccc2ccccc12. The van der Waals surface area contributed by atoms with Gasteiger partial charge in [-0.05, 0) is 34.5 Å². The van der Waals surface area contributed by atoms with Gasteiger partial charge in [0.1, 0.15) is 11.6 Å². The van der Waals surface area contributed by atoms with Crippen molar-refractivity contribution in [3.63, 3.8) is 0 Å². The highest BCUT2D eigenvalue weighted by Crippen LogP contribution is 2.35. The molecule has 3 aromatic rings. The van der Waals surface area contributed by atoms with Crippen molar-refractivity contribution in [3.8, 4) is 5.75 Å². The minimum Gasteiger partial charge on any atom is -0.508 e. The molecule has 0 aromatic heterocycles. The van der Waals surface area contributed by atoms with Crippen molar-refractivity contribution in [2.75, 3.05) is 7.05 Å². The molecule has 3 rings (SSSR count). The number of amides is 2. The monoisotopic (exact) mass is 324 g/mol. The summed E-state index contributed by atoms with van der Waals surface area (Å²) in [4.78, 5) is 11.9. The van der Waals surface area contributed by atoms with Gasteiger partial charge in [-0.25, -0.2) is 9.18 Å². The number of aromatic hydroxyl groups is 1. The second-order valence-electron chi connectivity index (χ2n) is 5.43. The first kappa shape index (κ1) is 15.8. The minimum atomic E-state index is -0.614. The zero-order valence-electron chi connectivity index (χ0n) is 13.1. The van der Waals surface area contributed by atoms with Crippen molar-refractivity contribution in [1.29, 1.82) is 0 Å². The Balaban J connectivity index is 2.20. The summed E-state index contributed by atoms with van der Waals surface area (Å²) in [6.07, 6.45) is 0. The van der Waals surface area contributed by atoms with Crippen molar-refractivity contribution in [2.45, 2.75) is 6.04 Å². The molecule has 1 atom stereocenters. The van der Waals surface area contributed by atoms with Gasteiger partial charge in [-0.2, -0.15) is 0 Å². The fourth-order valence-electron chi connectivity index (χ4n) is 2.77. The summed E-state index contributed by atoms with van der Waals surface area (Å²) in [5, 5.41) is 17.5. The smallest absolute Gasteiger partial charge is 0.315 e. The first-order valence-corrected chi connectivity index (χ1v) is 7.54. The molecule has 0 radical (unpaired) electrons. The van der Waals surface area contributed by atoms with E-state index in [0.717, 1.165) is 10.8 Å². The number of hydrogen-bond acceptors (Lipinski definition) is 2. The average molecular weight is 324 g/mol. The number of urea groups is 1. The number of hydrogen-bond donors (Lipinski definition) is 3. The van der Waals surface area contributed by atoms with Crippen LogP contribution in [0.2, 0.25) is 0 Å². The number of phenols is 1. The number of carbonyl (C=O) groups excluding carboxylic acids is 1. The largest absolute Gasteiger partial charge is 0.508 e. The predicted molar refractivity (Wildman–Crippen MR) is 91.4 cm³/mol. The lowest BCUT2D eigenvalue weighted by atomic mass is 9.93. The van der Waals surface area contributed by atoms with Crippen LogP contribution in [0.4, 0.5) is 9.18 Å².